The minimum atomic E-state index is -0.357. The van der Waals surface area contributed by atoms with Crippen LogP contribution in [-0.4, -0.2) is 39.1 Å². The fraction of sp³-hybridized carbons (Fsp3) is 0.233. The Morgan fingerprint density at radius 3 is 2.30 bits per heavy atom. The summed E-state index contributed by atoms with van der Waals surface area (Å²) in [5, 5.41) is 7.59. The van der Waals surface area contributed by atoms with Gasteiger partial charge >= 0.3 is 0 Å². The van der Waals surface area contributed by atoms with Gasteiger partial charge in [-0.25, -0.2) is 9.07 Å². The van der Waals surface area contributed by atoms with Gasteiger partial charge in [0.1, 0.15) is 18.2 Å². The quantitative estimate of drug-likeness (QED) is 0.342. The molecule has 3 aromatic carbocycles. The SMILES string of the molecule is CC(C)N(CC(=O)Nc1cc(-c2ccccc2)nn1-c1ccc(F)cc1)C(=O)[C@H]1C[C@@H]1c1ccccc1. The summed E-state index contributed by atoms with van der Waals surface area (Å²) < 4.78 is 15.1. The molecular weight excluding hydrogens is 467 g/mol. The molecule has 6 nitrogen and oxygen atoms in total. The van der Waals surface area contributed by atoms with E-state index in [1.165, 1.54) is 12.1 Å². The number of halogens is 1. The number of carbonyl (C=O) groups excluding carboxylic acids is 2. The predicted octanol–water partition coefficient (Wildman–Crippen LogP) is 5.66. The second-order valence-corrected chi connectivity index (χ2v) is 9.64. The van der Waals surface area contributed by atoms with Crippen LogP contribution < -0.4 is 5.32 Å². The van der Waals surface area contributed by atoms with Gasteiger partial charge in [0.25, 0.3) is 0 Å². The summed E-state index contributed by atoms with van der Waals surface area (Å²) in [4.78, 5) is 28.2. The standard InChI is InChI=1S/C30H29FN4O2/c1-20(2)34(30(37)26-17-25(26)21-9-5-3-6-10-21)19-29(36)32-28-18-27(22-11-7-4-8-12-22)33-35(28)24-15-13-23(31)14-16-24/h3-16,18,20,25-26H,17,19H2,1-2H3,(H,32,36)/t25-,26+/m1/s1. The molecule has 37 heavy (non-hydrogen) atoms. The maximum Gasteiger partial charge on any atom is 0.245 e. The van der Waals surface area contributed by atoms with Gasteiger partial charge in [0.05, 0.1) is 11.4 Å². The molecule has 0 unspecified atom stereocenters. The van der Waals surface area contributed by atoms with E-state index in [0.717, 1.165) is 17.5 Å². The predicted molar refractivity (Wildman–Crippen MR) is 142 cm³/mol. The van der Waals surface area contributed by atoms with Gasteiger partial charge in [-0.05, 0) is 56.0 Å². The van der Waals surface area contributed by atoms with E-state index in [-0.39, 0.29) is 42.1 Å². The summed E-state index contributed by atoms with van der Waals surface area (Å²) in [6, 6.07) is 27.2. The number of carbonyl (C=O) groups is 2. The summed E-state index contributed by atoms with van der Waals surface area (Å²) in [6.07, 6.45) is 0.797. The monoisotopic (exact) mass is 496 g/mol. The zero-order valence-electron chi connectivity index (χ0n) is 20.8. The smallest absolute Gasteiger partial charge is 0.245 e. The molecule has 2 amide bonds. The molecule has 0 bridgehead atoms. The van der Waals surface area contributed by atoms with E-state index in [1.54, 1.807) is 27.8 Å². The minimum absolute atomic E-state index is 0.00369. The van der Waals surface area contributed by atoms with Crippen LogP contribution in [0.3, 0.4) is 0 Å². The lowest BCUT2D eigenvalue weighted by atomic mass is 10.1. The molecule has 1 aliphatic rings. The summed E-state index contributed by atoms with van der Waals surface area (Å²) in [6.45, 7) is 3.77. The maximum absolute atomic E-state index is 13.5. The van der Waals surface area contributed by atoms with Gasteiger partial charge < -0.3 is 10.2 Å². The Labute approximate surface area is 215 Å². The first-order valence-electron chi connectivity index (χ1n) is 12.5. The maximum atomic E-state index is 13.5. The van der Waals surface area contributed by atoms with Crippen molar-refractivity contribution in [3.05, 3.63) is 102 Å². The number of amides is 2. The Balaban J connectivity index is 1.35. The molecule has 1 saturated carbocycles. The Hall–Kier alpha value is -4.26. The lowest BCUT2D eigenvalue weighted by molar-refractivity contribution is -0.137. The summed E-state index contributed by atoms with van der Waals surface area (Å²) in [7, 11) is 0. The highest BCUT2D eigenvalue weighted by atomic mass is 19.1. The zero-order chi connectivity index (χ0) is 25.9. The summed E-state index contributed by atoms with van der Waals surface area (Å²) in [5.74, 6) is -0.138. The lowest BCUT2D eigenvalue weighted by Crippen LogP contribution is -2.43. The number of benzene rings is 3. The molecule has 188 valence electrons. The van der Waals surface area contributed by atoms with Gasteiger partial charge in [-0.15, -0.1) is 0 Å². The number of hydrogen-bond donors (Lipinski definition) is 1. The highest BCUT2D eigenvalue weighted by Crippen LogP contribution is 2.48. The van der Waals surface area contributed by atoms with E-state index in [4.69, 9.17) is 0 Å². The highest BCUT2D eigenvalue weighted by Gasteiger charge is 2.46. The first-order valence-corrected chi connectivity index (χ1v) is 12.5. The summed E-state index contributed by atoms with van der Waals surface area (Å²) in [5.41, 5.74) is 3.32. The van der Waals surface area contributed by atoms with E-state index in [2.05, 4.69) is 10.4 Å². The third-order valence-electron chi connectivity index (χ3n) is 6.67. The molecular formula is C30H29FN4O2. The Kier molecular flexibility index (Phi) is 6.86. The summed E-state index contributed by atoms with van der Waals surface area (Å²) >= 11 is 0. The number of nitrogens with one attached hydrogen (secondary N) is 1. The second kappa shape index (κ2) is 10.4. The fourth-order valence-electron chi connectivity index (χ4n) is 4.60. The van der Waals surface area contributed by atoms with E-state index in [9.17, 15) is 14.0 Å². The van der Waals surface area contributed by atoms with Crippen molar-refractivity contribution in [1.29, 1.82) is 0 Å². The highest BCUT2D eigenvalue weighted by molar-refractivity contribution is 5.95. The van der Waals surface area contributed by atoms with E-state index < -0.39 is 0 Å². The van der Waals surface area contributed by atoms with Crippen molar-refractivity contribution < 1.29 is 14.0 Å². The largest absolute Gasteiger partial charge is 0.331 e. The molecule has 5 rings (SSSR count). The first kappa shape index (κ1) is 24.4. The van der Waals surface area contributed by atoms with Crippen molar-refractivity contribution in [2.45, 2.75) is 32.2 Å². The number of anilines is 1. The van der Waals surface area contributed by atoms with Gasteiger partial charge in [-0.3, -0.25) is 9.59 Å². The second-order valence-electron chi connectivity index (χ2n) is 9.64. The van der Waals surface area contributed by atoms with Crippen molar-refractivity contribution in [3.63, 3.8) is 0 Å². The molecule has 2 atom stereocenters. The van der Waals surface area contributed by atoms with E-state index in [0.29, 0.717) is 17.2 Å². The molecule has 7 heteroatoms. The Morgan fingerprint density at radius 2 is 1.65 bits per heavy atom. The molecule has 0 radical (unpaired) electrons. The third kappa shape index (κ3) is 5.45. The topological polar surface area (TPSA) is 67.2 Å². The number of nitrogens with zero attached hydrogens (tertiary/aromatic N) is 3. The average molecular weight is 497 g/mol. The van der Waals surface area contributed by atoms with Crippen molar-refractivity contribution in [2.75, 3.05) is 11.9 Å². The zero-order valence-corrected chi connectivity index (χ0v) is 20.8. The van der Waals surface area contributed by atoms with Gasteiger partial charge in [-0.2, -0.15) is 5.10 Å². The molecule has 0 spiro atoms. The number of aromatic nitrogens is 2. The van der Waals surface area contributed by atoms with Crippen LogP contribution in [0.4, 0.5) is 10.2 Å². The molecule has 1 N–H and O–H groups in total. The van der Waals surface area contributed by atoms with Crippen LogP contribution in [0.25, 0.3) is 16.9 Å². The molecule has 1 heterocycles. The van der Waals surface area contributed by atoms with Gasteiger partial charge in [0, 0.05) is 23.6 Å². The van der Waals surface area contributed by atoms with Gasteiger partial charge in [-0.1, -0.05) is 60.7 Å². The molecule has 1 aliphatic carbocycles. The molecule has 4 aromatic rings. The van der Waals surface area contributed by atoms with Crippen LogP contribution in [0.2, 0.25) is 0 Å². The Bertz CT molecular complexity index is 1380. The molecule has 1 aromatic heterocycles. The minimum Gasteiger partial charge on any atom is -0.331 e. The molecule has 0 aliphatic heterocycles. The van der Waals surface area contributed by atoms with Crippen LogP contribution in [0.1, 0.15) is 31.7 Å². The number of rotatable bonds is 8. The van der Waals surface area contributed by atoms with Crippen molar-refractivity contribution in [3.8, 4) is 16.9 Å². The lowest BCUT2D eigenvalue weighted by Gasteiger charge is -2.26. The first-order chi connectivity index (χ1) is 17.9. The van der Waals surface area contributed by atoms with E-state index >= 15 is 0 Å². The van der Waals surface area contributed by atoms with Crippen molar-refractivity contribution in [2.24, 2.45) is 5.92 Å². The van der Waals surface area contributed by atoms with Crippen LogP contribution in [-0.2, 0) is 9.59 Å². The van der Waals surface area contributed by atoms with Crippen LogP contribution in [0, 0.1) is 11.7 Å². The van der Waals surface area contributed by atoms with Crippen molar-refractivity contribution in [1.82, 2.24) is 14.7 Å². The third-order valence-corrected chi connectivity index (χ3v) is 6.67. The Morgan fingerprint density at radius 1 is 1.00 bits per heavy atom. The van der Waals surface area contributed by atoms with Crippen LogP contribution in [0.15, 0.2) is 91.0 Å². The average Bonchev–Trinajstić information content (AvgIpc) is 3.61. The van der Waals surface area contributed by atoms with E-state index in [1.807, 2.05) is 74.5 Å². The molecule has 1 fully saturated rings. The normalized spacial score (nSPS) is 16.4. The van der Waals surface area contributed by atoms with Crippen LogP contribution >= 0.6 is 0 Å². The number of hydrogen-bond acceptors (Lipinski definition) is 3. The molecule has 0 saturated heterocycles. The van der Waals surface area contributed by atoms with Crippen molar-refractivity contribution >= 4 is 17.6 Å². The van der Waals surface area contributed by atoms with Gasteiger partial charge in [0.15, 0.2) is 0 Å². The van der Waals surface area contributed by atoms with Gasteiger partial charge in [0.2, 0.25) is 11.8 Å². The fourth-order valence-corrected chi connectivity index (χ4v) is 4.60. The van der Waals surface area contributed by atoms with Crippen LogP contribution in [0.5, 0.6) is 0 Å².